The number of carboxylic acids is 2. The number of carboxylic acid groups (broad SMARTS) is 2. The number of amides is 2. The lowest BCUT2D eigenvalue weighted by Gasteiger charge is -2.50. The Morgan fingerprint density at radius 1 is 1.43 bits per heavy atom. The number of nitrogens with two attached hydrogens (primary N) is 1. The van der Waals surface area contributed by atoms with E-state index in [1.54, 1.807) is 11.8 Å². The lowest BCUT2D eigenvalue weighted by Crippen LogP contribution is -2.71. The molecule has 5 rings (SSSR count). The third-order valence-electron chi connectivity index (χ3n) is 6.37. The average Bonchev–Trinajstić information content (AvgIpc) is 3.54. The lowest BCUT2D eigenvalue weighted by molar-refractivity contribution is -0.673. The van der Waals surface area contributed by atoms with Gasteiger partial charge in [0.1, 0.15) is 28.9 Å². The van der Waals surface area contributed by atoms with E-state index < -0.39 is 40.8 Å². The van der Waals surface area contributed by atoms with Crippen molar-refractivity contribution in [3.05, 3.63) is 40.8 Å². The number of anilines is 2. The number of aromatic nitrogens is 2. The molecule has 3 aliphatic heterocycles. The number of β-lactam (4-membered cyclic amide) rings is 1. The smallest absolute Gasteiger partial charge is 0.350 e. The van der Waals surface area contributed by atoms with E-state index in [1.807, 2.05) is 30.1 Å². The summed E-state index contributed by atoms with van der Waals surface area (Å²) in [4.78, 5) is 61.3. The Bertz CT molecular complexity index is 1540. The number of carbonyl (C=O) groups is 4. The van der Waals surface area contributed by atoms with Gasteiger partial charge in [0.05, 0.1) is 22.2 Å². The van der Waals surface area contributed by atoms with Crippen LogP contribution in [0.3, 0.4) is 0 Å². The number of thioether (sulfide) groups is 3. The van der Waals surface area contributed by atoms with Crippen LogP contribution in [-0.4, -0.2) is 77.7 Å². The molecular weight excluding hydrogens is 627 g/mol. The van der Waals surface area contributed by atoms with E-state index in [0.29, 0.717) is 17.1 Å². The molecule has 5 heterocycles. The number of oxime groups is 1. The summed E-state index contributed by atoms with van der Waals surface area (Å²) in [6, 6.07) is 0.906. The molecule has 5 N–H and O–H groups in total. The highest BCUT2D eigenvalue weighted by Gasteiger charge is 2.53. The van der Waals surface area contributed by atoms with Crippen LogP contribution in [0.25, 0.3) is 0 Å². The Labute approximate surface area is 256 Å². The minimum Gasteiger partial charge on any atom is -0.543 e. The summed E-state index contributed by atoms with van der Waals surface area (Å²) in [7, 11) is 1.93. The van der Waals surface area contributed by atoms with Crippen LogP contribution >= 0.6 is 46.6 Å². The van der Waals surface area contributed by atoms with E-state index in [2.05, 4.69) is 20.8 Å². The first kappa shape index (κ1) is 30.0. The zero-order valence-electron chi connectivity index (χ0n) is 22.4. The summed E-state index contributed by atoms with van der Waals surface area (Å²) in [5.41, 5.74) is 4.93. The van der Waals surface area contributed by atoms with E-state index in [9.17, 15) is 29.4 Å². The molecule has 0 aliphatic carbocycles. The highest BCUT2D eigenvalue weighted by atomic mass is 32.2. The Hall–Kier alpha value is -3.48. The first-order chi connectivity index (χ1) is 19.9. The number of fused-ring (bicyclic) bond motifs is 2. The van der Waals surface area contributed by atoms with Gasteiger partial charge in [0.25, 0.3) is 11.8 Å². The molecule has 0 saturated carbocycles. The Morgan fingerprint density at radius 3 is 2.86 bits per heavy atom. The number of hydrogen-bond acceptors (Lipinski definition) is 14. The van der Waals surface area contributed by atoms with Gasteiger partial charge in [0.2, 0.25) is 5.60 Å². The molecule has 3 aliphatic rings. The number of pyridine rings is 1. The molecule has 18 heteroatoms. The van der Waals surface area contributed by atoms with Crippen LogP contribution in [0.15, 0.2) is 45.2 Å². The average molecular weight is 652 g/mol. The molecule has 0 bridgehead atoms. The van der Waals surface area contributed by atoms with Gasteiger partial charge in [-0.25, -0.2) is 14.3 Å². The van der Waals surface area contributed by atoms with Crippen LogP contribution in [-0.2, 0) is 31.1 Å². The van der Waals surface area contributed by atoms with Gasteiger partial charge < -0.3 is 36.2 Å². The number of thiazole rings is 1. The van der Waals surface area contributed by atoms with Crippen molar-refractivity contribution in [1.82, 2.24) is 15.2 Å². The maximum Gasteiger partial charge on any atom is 0.350 e. The molecule has 2 aromatic heterocycles. The fourth-order valence-electron chi connectivity index (χ4n) is 4.10. The molecule has 2 aromatic rings. The zero-order valence-corrected chi connectivity index (χ0v) is 25.6. The summed E-state index contributed by atoms with van der Waals surface area (Å²) in [6.45, 7) is 2.50. The van der Waals surface area contributed by atoms with E-state index >= 15 is 0 Å². The van der Waals surface area contributed by atoms with E-state index in [1.165, 1.54) is 42.8 Å². The van der Waals surface area contributed by atoms with E-state index in [0.717, 1.165) is 26.8 Å². The van der Waals surface area contributed by atoms with Crippen LogP contribution in [0.1, 0.15) is 19.5 Å². The Morgan fingerprint density at radius 2 is 2.19 bits per heavy atom. The van der Waals surface area contributed by atoms with E-state index in [4.69, 9.17) is 10.6 Å². The first-order valence-corrected chi connectivity index (χ1v) is 16.2. The van der Waals surface area contributed by atoms with Gasteiger partial charge in [-0.3, -0.25) is 14.5 Å². The van der Waals surface area contributed by atoms with Crippen molar-refractivity contribution < 1.29 is 38.8 Å². The molecule has 42 heavy (non-hydrogen) atoms. The fraction of sp³-hybridized carbons (Fsp3) is 0.375. The van der Waals surface area contributed by atoms with Gasteiger partial charge in [0, 0.05) is 23.0 Å². The zero-order chi connectivity index (χ0) is 30.3. The largest absolute Gasteiger partial charge is 0.543 e. The topological polar surface area (TPSA) is 203 Å². The second-order valence-corrected chi connectivity index (χ2v) is 14.3. The first-order valence-electron chi connectivity index (χ1n) is 12.3. The quantitative estimate of drug-likeness (QED) is 0.114. The van der Waals surface area contributed by atoms with Crippen molar-refractivity contribution in [3.8, 4) is 0 Å². The van der Waals surface area contributed by atoms with Crippen LogP contribution < -0.4 is 26.0 Å². The third-order valence-corrected chi connectivity index (χ3v) is 10.9. The second-order valence-electron chi connectivity index (χ2n) is 9.81. The number of aryl methyl sites for hydroxylation is 1. The summed E-state index contributed by atoms with van der Waals surface area (Å²) < 4.78 is 1.91. The van der Waals surface area contributed by atoms with Gasteiger partial charge in [-0.05, 0) is 19.4 Å². The molecule has 2 amide bonds. The second kappa shape index (κ2) is 11.7. The van der Waals surface area contributed by atoms with Crippen LogP contribution in [0.4, 0.5) is 10.8 Å². The molecule has 222 valence electrons. The number of nitrogens with one attached hydrogen (secondary N) is 2. The molecule has 0 radical (unpaired) electrons. The van der Waals surface area contributed by atoms with E-state index in [-0.39, 0.29) is 26.9 Å². The number of nitrogens with zero attached hydrogens (tertiary/aromatic N) is 4. The maximum absolute atomic E-state index is 13.2. The summed E-state index contributed by atoms with van der Waals surface area (Å²) in [5, 5.41) is 32.1. The van der Waals surface area contributed by atoms with Crippen LogP contribution in [0, 0.1) is 0 Å². The fourth-order valence-corrected chi connectivity index (χ4v) is 8.61. The van der Waals surface area contributed by atoms with Crippen LogP contribution in [0.5, 0.6) is 0 Å². The molecule has 1 saturated heterocycles. The van der Waals surface area contributed by atoms with Gasteiger partial charge in [0.15, 0.2) is 23.2 Å². The maximum atomic E-state index is 13.2. The Balaban J connectivity index is 1.28. The number of aliphatic carboxylic acids is 2. The van der Waals surface area contributed by atoms with Crippen molar-refractivity contribution in [3.63, 3.8) is 0 Å². The monoisotopic (exact) mass is 651 g/mol. The number of rotatable bonds is 10. The number of hydrogen-bond donors (Lipinski definition) is 4. The van der Waals surface area contributed by atoms with Crippen molar-refractivity contribution in [2.45, 2.75) is 40.5 Å². The molecule has 0 spiro atoms. The van der Waals surface area contributed by atoms with Crippen molar-refractivity contribution in [1.29, 1.82) is 0 Å². The van der Waals surface area contributed by atoms with Gasteiger partial charge in [-0.2, -0.15) is 0 Å². The molecule has 14 nitrogen and oxygen atoms in total. The number of nitrogen functional groups attached to an aromatic ring is 1. The van der Waals surface area contributed by atoms with Gasteiger partial charge >= 0.3 is 5.97 Å². The standard InChI is InChI=1S/C24H25N7O7S4/c1-24(2,21(36)37)38-29-14(12-9-40-22(25)26-12)17(32)28-15-18(33)31-16(20(34)35)10(7-39-19(15)31)8-41-23-27-11-4-5-30(3)6-13(11)42-23/h4-6,9,15,19,23H,7-8H2,1-3H3,(H5,25,26,28,32,34,35,36,37)/b29-14-/t15?,19-,23?/m1/s1. The highest BCUT2D eigenvalue weighted by Crippen LogP contribution is 2.45. The Kier molecular flexibility index (Phi) is 8.32. The van der Waals surface area contributed by atoms with Crippen molar-refractivity contribution in [2.75, 3.05) is 22.6 Å². The molecule has 3 atom stereocenters. The molecule has 1 fully saturated rings. The predicted octanol–water partition coefficient (Wildman–Crippen LogP) is -0.228. The third kappa shape index (κ3) is 5.88. The number of carbonyl (C=O) groups excluding carboxylic acids is 3. The molecular formula is C24H25N7O7S4. The van der Waals surface area contributed by atoms with Gasteiger partial charge in [-0.15, -0.1) is 34.9 Å². The molecule has 2 unspecified atom stereocenters. The minimum atomic E-state index is -1.76. The van der Waals surface area contributed by atoms with Crippen molar-refractivity contribution in [2.24, 2.45) is 12.2 Å². The summed E-state index contributed by atoms with van der Waals surface area (Å²) in [5.74, 6) is -3.61. The summed E-state index contributed by atoms with van der Waals surface area (Å²) >= 11 is 5.48. The van der Waals surface area contributed by atoms with Crippen molar-refractivity contribution >= 4 is 86.9 Å². The molecule has 0 aromatic carbocycles. The summed E-state index contributed by atoms with van der Waals surface area (Å²) in [6.07, 6.45) is 3.94. The normalized spacial score (nSPS) is 21.7. The van der Waals surface area contributed by atoms with Crippen LogP contribution in [0.2, 0.25) is 0 Å². The predicted molar refractivity (Wildman–Crippen MR) is 156 cm³/mol. The lowest BCUT2D eigenvalue weighted by atomic mass is 10.0. The highest BCUT2D eigenvalue weighted by molar-refractivity contribution is 8.17. The minimum absolute atomic E-state index is 0.0278. The van der Waals surface area contributed by atoms with Gasteiger partial charge in [-0.1, -0.05) is 16.9 Å². The SMILES string of the molecule is C[n+]1ccc2c(c1)SC(SCC1=C(C(=O)[O-])N3C(=O)C(NC(=O)/C(=N\OC(C)(C)C(=O)O)c4csc(N)n4)[C@H]3SC1)N2.